The number of carbonyl (C=O) groups is 2. The van der Waals surface area contributed by atoms with Crippen molar-refractivity contribution in [3.8, 4) is 5.69 Å². The number of amides is 3. The number of thiophene rings is 1. The summed E-state index contributed by atoms with van der Waals surface area (Å²) in [6, 6.07) is 11.8. The van der Waals surface area contributed by atoms with Gasteiger partial charge in [-0.05, 0) is 42.7 Å². The van der Waals surface area contributed by atoms with Crippen LogP contribution in [0, 0.1) is 11.7 Å². The van der Waals surface area contributed by atoms with Crippen LogP contribution in [0.3, 0.4) is 0 Å². The number of likely N-dealkylation sites (tertiary alicyclic amines) is 1. The first kappa shape index (κ1) is 22.0. The molecule has 4 rings (SSSR count). The first-order chi connectivity index (χ1) is 15.4. The number of urea groups is 1. The number of nitrogens with zero attached hydrogens (tertiary/aromatic N) is 2. The standard InChI is InChI=1S/C22H20ClFN4O3S/c23-19-7-6-18(32-19)21(30)25-12-14-8-10-27(13-14)22(31)26-17-5-4-15(11-16(17)24)28-9-2-1-3-20(28)29/h1-7,9,11,14H,8,10,12-13H2,(H,25,30)(H,26,31)/t14-/m0/s1. The summed E-state index contributed by atoms with van der Waals surface area (Å²) in [6.07, 6.45) is 2.28. The molecule has 2 N–H and O–H groups in total. The number of halogens is 2. The van der Waals surface area contributed by atoms with Crippen LogP contribution in [0.4, 0.5) is 14.9 Å². The molecular formula is C22H20ClFN4O3S. The summed E-state index contributed by atoms with van der Waals surface area (Å²) >= 11 is 7.07. The van der Waals surface area contributed by atoms with Crippen LogP contribution in [-0.4, -0.2) is 41.0 Å². The third kappa shape index (κ3) is 5.00. The summed E-state index contributed by atoms with van der Waals surface area (Å²) in [6.45, 7) is 1.40. The fourth-order valence-electron chi connectivity index (χ4n) is 3.53. The number of hydrogen-bond acceptors (Lipinski definition) is 4. The highest BCUT2D eigenvalue weighted by molar-refractivity contribution is 7.18. The maximum Gasteiger partial charge on any atom is 0.321 e. The molecule has 1 aromatic carbocycles. The van der Waals surface area contributed by atoms with Gasteiger partial charge >= 0.3 is 6.03 Å². The van der Waals surface area contributed by atoms with Gasteiger partial charge < -0.3 is 15.5 Å². The Morgan fingerprint density at radius 2 is 2.03 bits per heavy atom. The molecular weight excluding hydrogens is 455 g/mol. The molecule has 166 valence electrons. The summed E-state index contributed by atoms with van der Waals surface area (Å²) in [7, 11) is 0. The highest BCUT2D eigenvalue weighted by atomic mass is 35.5. The minimum Gasteiger partial charge on any atom is -0.351 e. The third-order valence-electron chi connectivity index (χ3n) is 5.22. The van der Waals surface area contributed by atoms with Crippen molar-refractivity contribution in [2.45, 2.75) is 6.42 Å². The fourth-order valence-corrected chi connectivity index (χ4v) is 4.49. The monoisotopic (exact) mass is 474 g/mol. The van der Waals surface area contributed by atoms with E-state index in [1.54, 1.807) is 41.4 Å². The number of nitrogens with one attached hydrogen (secondary N) is 2. The molecule has 1 aliphatic heterocycles. The smallest absolute Gasteiger partial charge is 0.321 e. The number of benzene rings is 1. The Kier molecular flexibility index (Phi) is 6.57. The number of pyridine rings is 1. The lowest BCUT2D eigenvalue weighted by molar-refractivity contribution is 0.0952. The van der Waals surface area contributed by atoms with Crippen LogP contribution < -0.4 is 16.2 Å². The lowest BCUT2D eigenvalue weighted by Crippen LogP contribution is -2.35. The Hall–Kier alpha value is -3.17. The van der Waals surface area contributed by atoms with Crippen LogP contribution in [0.5, 0.6) is 0 Å². The molecule has 0 radical (unpaired) electrons. The summed E-state index contributed by atoms with van der Waals surface area (Å²) in [4.78, 5) is 38.8. The number of hydrogen-bond donors (Lipinski definition) is 2. The number of aromatic nitrogens is 1. The predicted octanol–water partition coefficient (Wildman–Crippen LogP) is 3.98. The minimum atomic E-state index is -0.635. The first-order valence-electron chi connectivity index (χ1n) is 9.98. The quantitative estimate of drug-likeness (QED) is 0.586. The van der Waals surface area contributed by atoms with Gasteiger partial charge in [-0.2, -0.15) is 0 Å². The van der Waals surface area contributed by atoms with E-state index in [0.717, 1.165) is 6.42 Å². The highest BCUT2D eigenvalue weighted by Gasteiger charge is 2.27. The number of anilines is 1. The van der Waals surface area contributed by atoms with Crippen molar-refractivity contribution in [2.24, 2.45) is 5.92 Å². The molecule has 7 nitrogen and oxygen atoms in total. The molecule has 0 unspecified atom stereocenters. The molecule has 0 bridgehead atoms. The molecule has 3 heterocycles. The van der Waals surface area contributed by atoms with Crippen LogP contribution in [0.15, 0.2) is 59.5 Å². The van der Waals surface area contributed by atoms with Gasteiger partial charge in [0.25, 0.3) is 11.5 Å². The summed E-state index contributed by atoms with van der Waals surface area (Å²) in [5.74, 6) is -0.717. The Bertz CT molecular complexity index is 1210. The topological polar surface area (TPSA) is 83.4 Å². The van der Waals surface area contributed by atoms with Crippen molar-refractivity contribution in [1.82, 2.24) is 14.8 Å². The zero-order chi connectivity index (χ0) is 22.7. The lowest BCUT2D eigenvalue weighted by atomic mass is 10.1. The lowest BCUT2D eigenvalue weighted by Gasteiger charge is -2.18. The Balaban J connectivity index is 1.32. The van der Waals surface area contributed by atoms with Gasteiger partial charge in [0.05, 0.1) is 20.6 Å². The molecule has 0 aliphatic carbocycles. The van der Waals surface area contributed by atoms with E-state index in [2.05, 4.69) is 10.6 Å². The van der Waals surface area contributed by atoms with Crippen LogP contribution in [0.2, 0.25) is 4.34 Å². The van der Waals surface area contributed by atoms with Crippen molar-refractivity contribution in [3.63, 3.8) is 0 Å². The molecule has 1 saturated heterocycles. The van der Waals surface area contributed by atoms with E-state index in [1.165, 1.54) is 34.1 Å². The normalized spacial score (nSPS) is 15.6. The average molecular weight is 475 g/mol. The Morgan fingerprint density at radius 3 is 2.75 bits per heavy atom. The second-order valence-electron chi connectivity index (χ2n) is 7.42. The first-order valence-corrected chi connectivity index (χ1v) is 11.2. The molecule has 0 spiro atoms. The van der Waals surface area contributed by atoms with Gasteiger partial charge in [0.1, 0.15) is 5.82 Å². The Labute approximate surface area is 192 Å². The summed E-state index contributed by atoms with van der Waals surface area (Å²) in [5.41, 5.74) is 0.130. The largest absolute Gasteiger partial charge is 0.351 e. The van der Waals surface area contributed by atoms with E-state index >= 15 is 0 Å². The van der Waals surface area contributed by atoms with Crippen molar-refractivity contribution >= 4 is 40.6 Å². The molecule has 10 heteroatoms. The van der Waals surface area contributed by atoms with Crippen molar-refractivity contribution in [2.75, 3.05) is 25.0 Å². The van der Waals surface area contributed by atoms with Gasteiger partial charge in [-0.25, -0.2) is 9.18 Å². The van der Waals surface area contributed by atoms with E-state index in [4.69, 9.17) is 11.6 Å². The SMILES string of the molecule is O=C(NC[C@@H]1CCN(C(=O)Nc2ccc(-n3ccccc3=O)cc2F)C1)c1ccc(Cl)s1. The predicted molar refractivity (Wildman–Crippen MR) is 122 cm³/mol. The van der Waals surface area contributed by atoms with Gasteiger partial charge in [0, 0.05) is 38.0 Å². The second-order valence-corrected chi connectivity index (χ2v) is 9.13. The molecule has 32 heavy (non-hydrogen) atoms. The Morgan fingerprint density at radius 1 is 1.19 bits per heavy atom. The average Bonchev–Trinajstić information content (AvgIpc) is 3.43. The fraction of sp³-hybridized carbons (Fsp3) is 0.227. The summed E-state index contributed by atoms with van der Waals surface area (Å²) < 4.78 is 16.4. The molecule has 1 fully saturated rings. The number of rotatable bonds is 5. The molecule has 0 saturated carbocycles. The van der Waals surface area contributed by atoms with Gasteiger partial charge in [0.2, 0.25) is 0 Å². The minimum absolute atomic E-state index is 0.0362. The molecule has 1 aliphatic rings. The van der Waals surface area contributed by atoms with Crippen LogP contribution >= 0.6 is 22.9 Å². The second kappa shape index (κ2) is 9.54. The molecule has 3 amide bonds. The van der Waals surface area contributed by atoms with E-state index < -0.39 is 11.8 Å². The zero-order valence-corrected chi connectivity index (χ0v) is 18.5. The highest BCUT2D eigenvalue weighted by Crippen LogP contribution is 2.23. The van der Waals surface area contributed by atoms with E-state index in [-0.39, 0.29) is 23.1 Å². The van der Waals surface area contributed by atoms with Gasteiger partial charge in [-0.3, -0.25) is 14.2 Å². The van der Waals surface area contributed by atoms with Crippen LogP contribution in [0.1, 0.15) is 16.1 Å². The van der Waals surface area contributed by atoms with E-state index in [1.807, 2.05) is 0 Å². The number of carbonyl (C=O) groups excluding carboxylic acids is 2. The van der Waals surface area contributed by atoms with Crippen molar-refractivity contribution < 1.29 is 14.0 Å². The molecule has 3 aromatic rings. The van der Waals surface area contributed by atoms with E-state index in [0.29, 0.717) is 34.5 Å². The van der Waals surface area contributed by atoms with Gasteiger partial charge in [-0.1, -0.05) is 17.7 Å². The van der Waals surface area contributed by atoms with E-state index in [9.17, 15) is 18.8 Å². The van der Waals surface area contributed by atoms with Crippen molar-refractivity contribution in [3.05, 3.63) is 80.1 Å². The zero-order valence-electron chi connectivity index (χ0n) is 16.9. The summed E-state index contributed by atoms with van der Waals surface area (Å²) in [5, 5.41) is 5.45. The van der Waals surface area contributed by atoms with Crippen molar-refractivity contribution in [1.29, 1.82) is 0 Å². The third-order valence-corrected chi connectivity index (χ3v) is 6.45. The van der Waals surface area contributed by atoms with Crippen LogP contribution in [0.25, 0.3) is 5.69 Å². The maximum atomic E-state index is 14.6. The maximum absolute atomic E-state index is 14.6. The van der Waals surface area contributed by atoms with Gasteiger partial charge in [0.15, 0.2) is 0 Å². The molecule has 1 atom stereocenters. The van der Waals surface area contributed by atoms with Crippen LogP contribution in [-0.2, 0) is 0 Å². The van der Waals surface area contributed by atoms with Gasteiger partial charge in [-0.15, -0.1) is 11.3 Å². The molecule has 2 aromatic heterocycles.